The Morgan fingerprint density at radius 2 is 1.87 bits per heavy atom. The van der Waals surface area contributed by atoms with E-state index in [9.17, 15) is 4.79 Å². The molecule has 0 aliphatic rings. The summed E-state index contributed by atoms with van der Waals surface area (Å²) in [7, 11) is 0. The highest BCUT2D eigenvalue weighted by molar-refractivity contribution is 5.81. The molecule has 1 aromatic carbocycles. The second-order valence-electron chi connectivity index (χ2n) is 5.71. The van der Waals surface area contributed by atoms with Gasteiger partial charge in [-0.15, -0.1) is 0 Å². The van der Waals surface area contributed by atoms with Crippen molar-refractivity contribution >= 4 is 5.91 Å². The molecule has 0 radical (unpaired) electrons. The van der Waals surface area contributed by atoms with Gasteiger partial charge in [0, 0.05) is 6.54 Å². The van der Waals surface area contributed by atoms with Gasteiger partial charge in [-0.1, -0.05) is 12.1 Å². The lowest BCUT2D eigenvalue weighted by molar-refractivity contribution is -0.123. The number of furan rings is 1. The van der Waals surface area contributed by atoms with Gasteiger partial charge in [0.1, 0.15) is 11.5 Å². The SMILES string of the molecule is CC(C)Oc1ccc(CNC(C)C(=O)NCc2ccco2)cc1. The van der Waals surface area contributed by atoms with Crippen LogP contribution in [0.3, 0.4) is 0 Å². The fraction of sp³-hybridized carbons (Fsp3) is 0.389. The predicted molar refractivity (Wildman–Crippen MR) is 89.1 cm³/mol. The van der Waals surface area contributed by atoms with Crippen molar-refractivity contribution in [2.45, 2.75) is 46.0 Å². The quantitative estimate of drug-likeness (QED) is 0.786. The molecule has 0 saturated carbocycles. The molecule has 1 amide bonds. The minimum Gasteiger partial charge on any atom is -0.491 e. The zero-order chi connectivity index (χ0) is 16.7. The Labute approximate surface area is 137 Å². The predicted octanol–water partition coefficient (Wildman–Crippen LogP) is 2.86. The molecule has 1 aromatic heterocycles. The Morgan fingerprint density at radius 3 is 2.48 bits per heavy atom. The first-order valence-corrected chi connectivity index (χ1v) is 7.83. The van der Waals surface area contributed by atoms with Crippen LogP contribution in [0.5, 0.6) is 5.75 Å². The monoisotopic (exact) mass is 316 g/mol. The molecule has 5 heteroatoms. The summed E-state index contributed by atoms with van der Waals surface area (Å²) in [5, 5.41) is 6.04. The Bertz CT molecular complexity index is 591. The number of carbonyl (C=O) groups is 1. The minimum atomic E-state index is -0.281. The van der Waals surface area contributed by atoms with Crippen molar-refractivity contribution in [1.29, 1.82) is 0 Å². The lowest BCUT2D eigenvalue weighted by Gasteiger charge is -2.14. The lowest BCUT2D eigenvalue weighted by Crippen LogP contribution is -2.41. The molecular weight excluding hydrogens is 292 g/mol. The van der Waals surface area contributed by atoms with Gasteiger partial charge in [-0.2, -0.15) is 0 Å². The second kappa shape index (κ2) is 8.39. The van der Waals surface area contributed by atoms with E-state index in [4.69, 9.17) is 9.15 Å². The fourth-order valence-corrected chi connectivity index (χ4v) is 2.06. The molecule has 1 unspecified atom stereocenters. The maximum Gasteiger partial charge on any atom is 0.237 e. The van der Waals surface area contributed by atoms with Crippen molar-refractivity contribution < 1.29 is 13.9 Å². The Hall–Kier alpha value is -2.27. The number of carbonyl (C=O) groups excluding carboxylic acids is 1. The topological polar surface area (TPSA) is 63.5 Å². The third kappa shape index (κ3) is 5.79. The van der Waals surface area contributed by atoms with E-state index in [1.54, 1.807) is 12.3 Å². The molecule has 5 nitrogen and oxygen atoms in total. The van der Waals surface area contributed by atoms with Crippen LogP contribution in [0.4, 0.5) is 0 Å². The fourth-order valence-electron chi connectivity index (χ4n) is 2.06. The van der Waals surface area contributed by atoms with Crippen LogP contribution in [0.2, 0.25) is 0 Å². The van der Waals surface area contributed by atoms with Crippen LogP contribution in [0.25, 0.3) is 0 Å². The summed E-state index contributed by atoms with van der Waals surface area (Å²) in [6.45, 7) is 6.86. The normalized spacial score (nSPS) is 12.2. The van der Waals surface area contributed by atoms with Crippen LogP contribution in [-0.2, 0) is 17.9 Å². The van der Waals surface area contributed by atoms with Gasteiger partial charge in [0.05, 0.1) is 25.0 Å². The molecule has 23 heavy (non-hydrogen) atoms. The standard InChI is InChI=1S/C18H24N2O3/c1-13(2)23-16-8-6-15(7-9-16)11-19-14(3)18(21)20-12-17-5-4-10-22-17/h4-10,13-14,19H,11-12H2,1-3H3,(H,20,21). The zero-order valence-electron chi connectivity index (χ0n) is 13.8. The number of ether oxygens (including phenoxy) is 1. The molecule has 0 saturated heterocycles. The van der Waals surface area contributed by atoms with Crippen LogP contribution in [0, 0.1) is 0 Å². The molecule has 0 aliphatic carbocycles. The van der Waals surface area contributed by atoms with Crippen molar-refractivity contribution in [2.24, 2.45) is 0 Å². The van der Waals surface area contributed by atoms with E-state index in [0.717, 1.165) is 17.1 Å². The third-order valence-corrected chi connectivity index (χ3v) is 3.32. The summed E-state index contributed by atoms with van der Waals surface area (Å²) in [5.41, 5.74) is 1.10. The Morgan fingerprint density at radius 1 is 1.13 bits per heavy atom. The molecule has 124 valence electrons. The largest absolute Gasteiger partial charge is 0.491 e. The van der Waals surface area contributed by atoms with Crippen LogP contribution in [0.1, 0.15) is 32.1 Å². The van der Waals surface area contributed by atoms with Gasteiger partial charge in [-0.25, -0.2) is 0 Å². The number of rotatable bonds is 8. The molecular formula is C18H24N2O3. The molecule has 1 atom stereocenters. The van der Waals surface area contributed by atoms with Crippen LogP contribution in [0.15, 0.2) is 47.1 Å². The lowest BCUT2D eigenvalue weighted by atomic mass is 10.2. The van der Waals surface area contributed by atoms with E-state index >= 15 is 0 Å². The Kier molecular flexibility index (Phi) is 6.23. The molecule has 0 spiro atoms. The van der Waals surface area contributed by atoms with Crippen LogP contribution in [-0.4, -0.2) is 18.1 Å². The van der Waals surface area contributed by atoms with Gasteiger partial charge in [0.25, 0.3) is 0 Å². The molecule has 1 heterocycles. The van der Waals surface area contributed by atoms with Gasteiger partial charge >= 0.3 is 0 Å². The summed E-state index contributed by atoms with van der Waals surface area (Å²) in [6.07, 6.45) is 1.76. The van der Waals surface area contributed by atoms with E-state index in [0.29, 0.717) is 13.1 Å². The van der Waals surface area contributed by atoms with E-state index in [1.807, 2.05) is 51.1 Å². The van der Waals surface area contributed by atoms with Gasteiger partial charge < -0.3 is 19.8 Å². The summed E-state index contributed by atoms with van der Waals surface area (Å²) >= 11 is 0. The highest BCUT2D eigenvalue weighted by Gasteiger charge is 2.12. The summed E-state index contributed by atoms with van der Waals surface area (Å²) in [4.78, 5) is 12.0. The first kappa shape index (κ1) is 17.1. The minimum absolute atomic E-state index is 0.0545. The number of hydrogen-bond donors (Lipinski definition) is 2. The number of benzene rings is 1. The van der Waals surface area contributed by atoms with Gasteiger partial charge in [0.2, 0.25) is 5.91 Å². The highest BCUT2D eigenvalue weighted by atomic mass is 16.5. The molecule has 0 aliphatic heterocycles. The van der Waals surface area contributed by atoms with E-state index in [-0.39, 0.29) is 18.1 Å². The first-order chi connectivity index (χ1) is 11.0. The van der Waals surface area contributed by atoms with E-state index in [2.05, 4.69) is 10.6 Å². The van der Waals surface area contributed by atoms with Crippen molar-refractivity contribution in [3.8, 4) is 5.75 Å². The third-order valence-electron chi connectivity index (χ3n) is 3.32. The van der Waals surface area contributed by atoms with Crippen molar-refractivity contribution in [3.63, 3.8) is 0 Å². The number of amides is 1. The van der Waals surface area contributed by atoms with Crippen LogP contribution < -0.4 is 15.4 Å². The first-order valence-electron chi connectivity index (χ1n) is 7.83. The zero-order valence-corrected chi connectivity index (χ0v) is 13.8. The summed E-state index contributed by atoms with van der Waals surface area (Å²) in [5.74, 6) is 1.54. The van der Waals surface area contributed by atoms with Gasteiger partial charge in [-0.05, 0) is 50.6 Å². The number of nitrogens with one attached hydrogen (secondary N) is 2. The van der Waals surface area contributed by atoms with E-state index in [1.165, 1.54) is 0 Å². The molecule has 0 fully saturated rings. The number of hydrogen-bond acceptors (Lipinski definition) is 4. The maximum absolute atomic E-state index is 12.0. The average molecular weight is 316 g/mol. The van der Waals surface area contributed by atoms with Gasteiger partial charge in [0.15, 0.2) is 0 Å². The van der Waals surface area contributed by atoms with Crippen molar-refractivity contribution in [3.05, 3.63) is 54.0 Å². The van der Waals surface area contributed by atoms with Gasteiger partial charge in [-0.3, -0.25) is 4.79 Å². The molecule has 2 rings (SSSR count). The van der Waals surface area contributed by atoms with Crippen molar-refractivity contribution in [1.82, 2.24) is 10.6 Å². The Balaban J connectivity index is 1.74. The second-order valence-corrected chi connectivity index (χ2v) is 5.71. The van der Waals surface area contributed by atoms with Crippen LogP contribution >= 0.6 is 0 Å². The maximum atomic E-state index is 12.0. The smallest absolute Gasteiger partial charge is 0.237 e. The molecule has 2 N–H and O–H groups in total. The summed E-state index contributed by atoms with van der Waals surface area (Å²) in [6, 6.07) is 11.2. The average Bonchev–Trinajstić information content (AvgIpc) is 3.04. The van der Waals surface area contributed by atoms with Crippen molar-refractivity contribution in [2.75, 3.05) is 0 Å². The molecule has 0 bridgehead atoms. The highest BCUT2D eigenvalue weighted by Crippen LogP contribution is 2.13. The van der Waals surface area contributed by atoms with E-state index < -0.39 is 0 Å². The summed E-state index contributed by atoms with van der Waals surface area (Å²) < 4.78 is 10.8. The molecule has 2 aromatic rings.